The molecule has 5 nitrogen and oxygen atoms in total. The molecular weight excluding hydrogens is 350 g/mol. The lowest BCUT2D eigenvalue weighted by Crippen LogP contribution is -2.47. The minimum absolute atomic E-state index is 0.0452. The molecule has 1 N–H and O–H groups in total. The number of sulfonamides is 1. The number of nitrogens with one attached hydrogen (secondary N) is 1. The molecule has 0 bridgehead atoms. The van der Waals surface area contributed by atoms with E-state index in [2.05, 4.69) is 5.32 Å². The molecule has 1 amide bonds. The molecule has 0 heterocycles. The highest BCUT2D eigenvalue weighted by atomic mass is 32.2. The summed E-state index contributed by atoms with van der Waals surface area (Å²) in [5.41, 5.74) is 0.390. The summed E-state index contributed by atoms with van der Waals surface area (Å²) in [6.07, 6.45) is 1.20. The van der Waals surface area contributed by atoms with E-state index in [1.54, 1.807) is 37.3 Å². The monoisotopic (exact) mass is 368 g/mol. The first-order chi connectivity index (χ1) is 11.7. The number of rotatable bonds is 6. The van der Waals surface area contributed by atoms with Crippen LogP contribution < -0.4 is 9.62 Å². The summed E-state index contributed by atoms with van der Waals surface area (Å²) in [6.45, 7) is 1.66. The number of hydrogen-bond acceptors (Lipinski definition) is 3. The Morgan fingerprint density at radius 1 is 1.12 bits per heavy atom. The standard InChI is InChI=1S/C17H18F2N2O3S/c1-3-16(17(22)20-12-9-10-14(18)15(19)11-12)21(25(2,23)24)13-7-5-4-6-8-13/h4-11,16H,3H2,1-2H3,(H,20,22)/t16-/m1/s1. The Bertz CT molecular complexity index is 857. The number of anilines is 2. The van der Waals surface area contributed by atoms with Crippen LogP contribution in [0.15, 0.2) is 48.5 Å². The number of hydrogen-bond donors (Lipinski definition) is 1. The fourth-order valence-electron chi connectivity index (χ4n) is 2.43. The van der Waals surface area contributed by atoms with Crippen molar-refractivity contribution in [1.29, 1.82) is 0 Å². The maximum atomic E-state index is 13.3. The number of carbonyl (C=O) groups excluding carboxylic acids is 1. The number of benzene rings is 2. The van der Waals surface area contributed by atoms with Gasteiger partial charge in [-0.2, -0.15) is 0 Å². The first-order valence-corrected chi connectivity index (χ1v) is 9.39. The van der Waals surface area contributed by atoms with Crippen LogP contribution in [0.5, 0.6) is 0 Å². The zero-order valence-electron chi connectivity index (χ0n) is 13.7. The van der Waals surface area contributed by atoms with Crippen molar-refractivity contribution in [3.63, 3.8) is 0 Å². The third kappa shape index (κ3) is 4.54. The fraction of sp³-hybridized carbons (Fsp3) is 0.235. The average Bonchev–Trinajstić information content (AvgIpc) is 2.55. The zero-order chi connectivity index (χ0) is 18.6. The molecule has 0 saturated heterocycles. The van der Waals surface area contributed by atoms with Crippen LogP contribution in [0.4, 0.5) is 20.2 Å². The van der Waals surface area contributed by atoms with Crippen LogP contribution in [0.3, 0.4) is 0 Å². The van der Waals surface area contributed by atoms with Crippen molar-refractivity contribution in [2.75, 3.05) is 15.9 Å². The highest BCUT2D eigenvalue weighted by Crippen LogP contribution is 2.23. The van der Waals surface area contributed by atoms with E-state index in [1.807, 2.05) is 0 Å². The summed E-state index contributed by atoms with van der Waals surface area (Å²) in [7, 11) is -3.74. The fourth-order valence-corrected chi connectivity index (χ4v) is 3.65. The van der Waals surface area contributed by atoms with E-state index in [9.17, 15) is 22.0 Å². The molecule has 25 heavy (non-hydrogen) atoms. The Balaban J connectivity index is 2.34. The van der Waals surface area contributed by atoms with Crippen LogP contribution in [-0.2, 0) is 14.8 Å². The largest absolute Gasteiger partial charge is 0.324 e. The molecule has 2 aromatic carbocycles. The summed E-state index contributed by atoms with van der Waals surface area (Å²) in [5.74, 6) is -2.77. The molecular formula is C17H18F2N2O3S. The van der Waals surface area contributed by atoms with Gasteiger partial charge in [-0.15, -0.1) is 0 Å². The average molecular weight is 368 g/mol. The Kier molecular flexibility index (Phi) is 5.73. The van der Waals surface area contributed by atoms with Crippen LogP contribution in [0.1, 0.15) is 13.3 Å². The highest BCUT2D eigenvalue weighted by Gasteiger charge is 2.31. The van der Waals surface area contributed by atoms with Gasteiger partial charge in [0.2, 0.25) is 15.9 Å². The van der Waals surface area contributed by atoms with Crippen LogP contribution in [-0.4, -0.2) is 26.6 Å². The Labute approximate surface area is 145 Å². The van der Waals surface area contributed by atoms with Gasteiger partial charge in [-0.05, 0) is 30.7 Å². The molecule has 2 rings (SSSR count). The van der Waals surface area contributed by atoms with Crippen molar-refractivity contribution in [1.82, 2.24) is 0 Å². The molecule has 0 fully saturated rings. The molecule has 0 aliphatic carbocycles. The number of nitrogens with zero attached hydrogens (tertiary/aromatic N) is 1. The molecule has 8 heteroatoms. The highest BCUT2D eigenvalue weighted by molar-refractivity contribution is 7.92. The summed E-state index contributed by atoms with van der Waals surface area (Å²) in [6, 6.07) is 10.1. The summed E-state index contributed by atoms with van der Waals surface area (Å²) >= 11 is 0. The van der Waals surface area contributed by atoms with E-state index in [4.69, 9.17) is 0 Å². The van der Waals surface area contributed by atoms with Gasteiger partial charge in [0.25, 0.3) is 0 Å². The third-order valence-corrected chi connectivity index (χ3v) is 4.71. The van der Waals surface area contributed by atoms with Gasteiger partial charge in [-0.25, -0.2) is 17.2 Å². The lowest BCUT2D eigenvalue weighted by Gasteiger charge is -2.30. The molecule has 134 valence electrons. The van der Waals surface area contributed by atoms with Gasteiger partial charge in [0.15, 0.2) is 11.6 Å². The normalized spacial score (nSPS) is 12.5. The SMILES string of the molecule is CC[C@H](C(=O)Nc1ccc(F)c(F)c1)N(c1ccccc1)S(C)(=O)=O. The molecule has 2 aromatic rings. The molecule has 1 atom stereocenters. The molecule has 0 saturated carbocycles. The molecule has 0 aliphatic heterocycles. The van der Waals surface area contributed by atoms with Gasteiger partial charge in [-0.3, -0.25) is 9.10 Å². The van der Waals surface area contributed by atoms with Gasteiger partial charge in [0.05, 0.1) is 11.9 Å². The summed E-state index contributed by atoms with van der Waals surface area (Å²) < 4.78 is 51.7. The minimum atomic E-state index is -3.74. The predicted octanol–water partition coefficient (Wildman–Crippen LogP) is 3.15. The van der Waals surface area contributed by atoms with Gasteiger partial charge in [0.1, 0.15) is 6.04 Å². The maximum absolute atomic E-state index is 13.3. The van der Waals surface area contributed by atoms with Gasteiger partial charge >= 0.3 is 0 Å². The lowest BCUT2D eigenvalue weighted by molar-refractivity contribution is -0.117. The van der Waals surface area contributed by atoms with Crippen LogP contribution in [0.25, 0.3) is 0 Å². The molecule has 0 spiro atoms. The van der Waals surface area contributed by atoms with E-state index < -0.39 is 33.6 Å². The van der Waals surface area contributed by atoms with E-state index in [1.165, 1.54) is 6.07 Å². The minimum Gasteiger partial charge on any atom is -0.324 e. The Hall–Kier alpha value is -2.48. The quantitative estimate of drug-likeness (QED) is 0.852. The van der Waals surface area contributed by atoms with Crippen LogP contribution >= 0.6 is 0 Å². The second-order valence-electron chi connectivity index (χ2n) is 5.44. The lowest BCUT2D eigenvalue weighted by atomic mass is 10.2. The van der Waals surface area contributed by atoms with E-state index >= 15 is 0 Å². The Morgan fingerprint density at radius 3 is 2.28 bits per heavy atom. The number of carbonyl (C=O) groups is 1. The predicted molar refractivity (Wildman–Crippen MR) is 92.8 cm³/mol. The van der Waals surface area contributed by atoms with Crippen molar-refractivity contribution in [3.05, 3.63) is 60.2 Å². The molecule has 0 unspecified atom stereocenters. The van der Waals surface area contributed by atoms with Crippen molar-refractivity contribution in [3.8, 4) is 0 Å². The van der Waals surface area contributed by atoms with Gasteiger partial charge < -0.3 is 5.32 Å². The summed E-state index contributed by atoms with van der Waals surface area (Å²) in [5, 5.41) is 2.43. The van der Waals surface area contributed by atoms with Crippen molar-refractivity contribution >= 4 is 27.3 Å². The zero-order valence-corrected chi connectivity index (χ0v) is 14.6. The van der Waals surface area contributed by atoms with Crippen LogP contribution in [0.2, 0.25) is 0 Å². The molecule has 0 aromatic heterocycles. The van der Waals surface area contributed by atoms with E-state index in [0.29, 0.717) is 5.69 Å². The topological polar surface area (TPSA) is 66.5 Å². The third-order valence-electron chi connectivity index (χ3n) is 3.53. The molecule has 0 aliphatic rings. The van der Waals surface area contributed by atoms with Gasteiger partial charge in [0, 0.05) is 11.8 Å². The molecule has 0 radical (unpaired) electrons. The van der Waals surface area contributed by atoms with Crippen LogP contribution in [0, 0.1) is 11.6 Å². The van der Waals surface area contributed by atoms with Crippen molar-refractivity contribution in [2.45, 2.75) is 19.4 Å². The smallest absolute Gasteiger partial charge is 0.248 e. The maximum Gasteiger partial charge on any atom is 0.248 e. The van der Waals surface area contributed by atoms with Crippen molar-refractivity contribution < 1.29 is 22.0 Å². The van der Waals surface area contributed by atoms with E-state index in [-0.39, 0.29) is 12.1 Å². The first kappa shape index (κ1) is 18.9. The first-order valence-electron chi connectivity index (χ1n) is 7.54. The van der Waals surface area contributed by atoms with E-state index in [0.717, 1.165) is 22.7 Å². The van der Waals surface area contributed by atoms with Gasteiger partial charge in [-0.1, -0.05) is 25.1 Å². The Morgan fingerprint density at radius 2 is 1.76 bits per heavy atom. The number of para-hydroxylation sites is 1. The second-order valence-corrected chi connectivity index (χ2v) is 7.30. The number of amides is 1. The number of halogens is 2. The summed E-state index contributed by atoms with van der Waals surface area (Å²) in [4.78, 5) is 12.6. The second kappa shape index (κ2) is 7.60. The van der Waals surface area contributed by atoms with Crippen molar-refractivity contribution in [2.24, 2.45) is 0 Å².